The van der Waals surface area contributed by atoms with E-state index in [4.69, 9.17) is 9.47 Å². The summed E-state index contributed by atoms with van der Waals surface area (Å²) in [5.74, 6) is -3.20. The quantitative estimate of drug-likeness (QED) is 0.102. The highest BCUT2D eigenvalue weighted by Crippen LogP contribution is 2.62. The highest BCUT2D eigenvalue weighted by atomic mass is 31.3. The Morgan fingerprint density at radius 1 is 1.07 bits per heavy atom. The summed E-state index contributed by atoms with van der Waals surface area (Å²) in [6.07, 6.45) is -13.0. The first-order valence-electron chi connectivity index (χ1n) is 11.9. The highest BCUT2D eigenvalue weighted by molar-refractivity contribution is 7.64. The topological polar surface area (TPSA) is 317 Å². The molecular weight excluding hydrogens is 604 g/mol. The van der Waals surface area contributed by atoms with Crippen molar-refractivity contribution < 1.29 is 72.7 Å². The van der Waals surface area contributed by atoms with E-state index in [0.29, 0.717) is 0 Å². The van der Waals surface area contributed by atoms with Gasteiger partial charge in [-0.3, -0.25) is 28.2 Å². The van der Waals surface area contributed by atoms with Gasteiger partial charge in [0, 0.05) is 25.6 Å². The molecule has 41 heavy (non-hydrogen) atoms. The maximum atomic E-state index is 12.6. The lowest BCUT2D eigenvalue weighted by Crippen LogP contribution is -2.64. The lowest BCUT2D eigenvalue weighted by molar-refractivity contribution is -0.199. The molecule has 2 aliphatic heterocycles. The zero-order valence-corrected chi connectivity index (χ0v) is 22.9. The number of phosphoric acid groups is 1. The van der Waals surface area contributed by atoms with E-state index in [0.717, 1.165) is 23.8 Å². The van der Waals surface area contributed by atoms with Crippen molar-refractivity contribution in [3.05, 3.63) is 33.1 Å². The van der Waals surface area contributed by atoms with E-state index in [1.165, 1.54) is 0 Å². The Labute approximate surface area is 229 Å². The minimum Gasteiger partial charge on any atom is -0.394 e. The number of phosphoric ester groups is 1. The van der Waals surface area contributed by atoms with Gasteiger partial charge in [0.2, 0.25) is 5.91 Å². The van der Waals surface area contributed by atoms with Gasteiger partial charge in [-0.1, -0.05) is 0 Å². The Balaban J connectivity index is 1.65. The molecule has 3 rings (SSSR count). The number of hydrogen-bond donors (Lipinski definition) is 10. The van der Waals surface area contributed by atoms with E-state index < -0.39 is 113 Å². The predicted molar refractivity (Wildman–Crippen MR) is 130 cm³/mol. The summed E-state index contributed by atoms with van der Waals surface area (Å²) >= 11 is 0. The van der Waals surface area contributed by atoms with Crippen LogP contribution in [-0.4, -0.2) is 124 Å². The summed E-state index contributed by atoms with van der Waals surface area (Å²) in [5, 5.41) is 62.7. The Morgan fingerprint density at radius 2 is 1.71 bits per heavy atom. The highest BCUT2D eigenvalue weighted by Gasteiger charge is 2.49. The lowest BCUT2D eigenvalue weighted by Gasteiger charge is -2.43. The molecule has 2 aliphatic rings. The molecule has 12 atom stereocenters. The number of aliphatic hydroxyl groups is 6. The summed E-state index contributed by atoms with van der Waals surface area (Å²) in [4.78, 5) is 56.8. The van der Waals surface area contributed by atoms with Crippen molar-refractivity contribution in [3.8, 4) is 0 Å². The van der Waals surface area contributed by atoms with Gasteiger partial charge in [-0.2, -0.15) is 0 Å². The van der Waals surface area contributed by atoms with Gasteiger partial charge in [-0.25, -0.2) is 13.7 Å². The number of carbonyl (C=O) groups is 1. The smallest absolute Gasteiger partial charge is 0.394 e. The van der Waals surface area contributed by atoms with Crippen molar-refractivity contribution >= 4 is 21.3 Å². The van der Waals surface area contributed by atoms with Gasteiger partial charge in [0.1, 0.15) is 36.6 Å². The van der Waals surface area contributed by atoms with Crippen LogP contribution in [-0.2, 0) is 32.2 Å². The second-order valence-corrected chi connectivity index (χ2v) is 12.9. The van der Waals surface area contributed by atoms with Crippen LogP contribution in [0, 0.1) is 0 Å². The van der Waals surface area contributed by atoms with Crippen LogP contribution in [0.3, 0.4) is 0 Å². The number of nitrogens with zero attached hydrogens (tertiary/aromatic N) is 1. The van der Waals surface area contributed by atoms with E-state index in [1.54, 1.807) is 0 Å². The van der Waals surface area contributed by atoms with Crippen molar-refractivity contribution in [1.82, 2.24) is 14.9 Å². The Morgan fingerprint density at radius 3 is 2.29 bits per heavy atom. The molecule has 2 saturated heterocycles. The first kappa shape index (κ1) is 33.6. The molecule has 0 aromatic carbocycles. The van der Waals surface area contributed by atoms with Gasteiger partial charge in [0.25, 0.3) is 5.56 Å². The van der Waals surface area contributed by atoms with E-state index in [1.807, 2.05) is 4.98 Å². The molecule has 234 valence electrons. The standard InChI is InChI=1S/C19H31N3O17P2/c1-7(24)20-13-8(37-9(5-23)14(27)16(13)29)4-12(26)40(32,33)39-41(34,35)36-6-10-15(28)17(30)18(38-10)22-3-2-11(25)21-19(22)31/h2-3,8-10,12-18,23,26-30H,4-6H2,1H3,(H,20,24)(H,32,33)(H,34,35)(H,21,25,31)/t8-,9-,10-,12?,13+,14-,15-,16-,17-,18-/m1/s1. The molecule has 0 saturated carbocycles. The number of aromatic amines is 1. The van der Waals surface area contributed by atoms with Crippen LogP contribution in [0.4, 0.5) is 0 Å². The molecule has 20 nitrogen and oxygen atoms in total. The maximum Gasteiger partial charge on any atom is 0.479 e. The monoisotopic (exact) mass is 635 g/mol. The molecule has 0 spiro atoms. The van der Waals surface area contributed by atoms with Crippen molar-refractivity contribution in [1.29, 1.82) is 0 Å². The zero-order valence-electron chi connectivity index (χ0n) is 21.1. The van der Waals surface area contributed by atoms with Crippen molar-refractivity contribution in [2.45, 2.75) is 74.2 Å². The number of aliphatic hydroxyl groups excluding tert-OH is 6. The number of amides is 1. The van der Waals surface area contributed by atoms with Crippen molar-refractivity contribution in [2.24, 2.45) is 0 Å². The van der Waals surface area contributed by atoms with Crippen molar-refractivity contribution in [2.75, 3.05) is 13.2 Å². The minimum atomic E-state index is -5.51. The molecule has 1 amide bonds. The van der Waals surface area contributed by atoms with Gasteiger partial charge in [-0.15, -0.1) is 0 Å². The Bertz CT molecular complexity index is 1290. The Hall–Kier alpha value is -1.87. The fourth-order valence-electron chi connectivity index (χ4n) is 4.27. The molecule has 0 aliphatic carbocycles. The summed E-state index contributed by atoms with van der Waals surface area (Å²) in [6.45, 7) is -0.795. The second kappa shape index (κ2) is 13.2. The molecule has 0 bridgehead atoms. The van der Waals surface area contributed by atoms with Gasteiger partial charge < -0.3 is 55.2 Å². The molecule has 22 heteroatoms. The van der Waals surface area contributed by atoms with Crippen molar-refractivity contribution in [3.63, 3.8) is 0 Å². The number of nitrogens with one attached hydrogen (secondary N) is 2. The molecular formula is C19H31N3O17P2. The maximum absolute atomic E-state index is 12.6. The number of carbonyl (C=O) groups excluding carboxylic acids is 1. The fourth-order valence-corrected chi connectivity index (χ4v) is 6.88. The van der Waals surface area contributed by atoms with E-state index in [-0.39, 0.29) is 0 Å². The van der Waals surface area contributed by atoms with E-state index in [9.17, 15) is 63.9 Å². The first-order valence-corrected chi connectivity index (χ1v) is 15.0. The number of aromatic nitrogens is 2. The molecule has 3 unspecified atom stereocenters. The number of hydrogen-bond acceptors (Lipinski definition) is 15. The molecule has 0 radical (unpaired) electrons. The molecule has 10 N–H and O–H groups in total. The third kappa shape index (κ3) is 7.95. The van der Waals surface area contributed by atoms with Gasteiger partial charge in [-0.05, 0) is 0 Å². The third-order valence-corrected chi connectivity index (χ3v) is 9.50. The first-order chi connectivity index (χ1) is 19.0. The van der Waals surface area contributed by atoms with E-state index in [2.05, 4.69) is 14.2 Å². The average molecular weight is 635 g/mol. The predicted octanol–water partition coefficient (Wildman–Crippen LogP) is -4.83. The Kier molecular flexibility index (Phi) is 10.8. The van der Waals surface area contributed by atoms with Crippen LogP contribution >= 0.6 is 15.4 Å². The fraction of sp³-hybridized carbons (Fsp3) is 0.737. The SMILES string of the molecule is CC(=O)N[C@@H]1[C@@H](O)[C@H](O)[C@@H](CO)O[C@@H]1CC(O)P(=O)(O)OP(=O)(O)OC[C@H]1O[C@@H](n2ccc(=O)[nH]c2=O)[C@H](O)[C@@H]1O. The minimum absolute atomic E-state index is 0.711. The summed E-state index contributed by atoms with van der Waals surface area (Å²) in [5.41, 5.74) is -1.76. The molecule has 1 aromatic rings. The van der Waals surface area contributed by atoms with Crippen LogP contribution in [0.5, 0.6) is 0 Å². The molecule has 2 fully saturated rings. The average Bonchev–Trinajstić information content (AvgIpc) is 3.14. The third-order valence-electron chi connectivity index (χ3n) is 6.30. The van der Waals surface area contributed by atoms with E-state index >= 15 is 0 Å². The second-order valence-electron chi connectivity index (χ2n) is 9.29. The van der Waals surface area contributed by atoms with Crippen LogP contribution in [0.2, 0.25) is 0 Å². The zero-order chi connectivity index (χ0) is 30.9. The summed E-state index contributed by atoms with van der Waals surface area (Å²) in [6, 6.07) is -0.510. The van der Waals surface area contributed by atoms with Gasteiger partial charge in [0.05, 0.1) is 25.4 Å². The normalized spacial score (nSPS) is 35.8. The lowest BCUT2D eigenvalue weighted by atomic mass is 9.91. The van der Waals surface area contributed by atoms with Gasteiger partial charge >= 0.3 is 21.1 Å². The summed E-state index contributed by atoms with van der Waals surface area (Å²) in [7, 11) is -11.0. The summed E-state index contributed by atoms with van der Waals surface area (Å²) < 4.78 is 45.2. The van der Waals surface area contributed by atoms with Crippen LogP contribution in [0.1, 0.15) is 19.6 Å². The van der Waals surface area contributed by atoms with Gasteiger partial charge in [0.15, 0.2) is 12.1 Å². The number of rotatable bonds is 11. The van der Waals surface area contributed by atoms with Crippen LogP contribution in [0.25, 0.3) is 0 Å². The largest absolute Gasteiger partial charge is 0.479 e. The number of H-pyrrole nitrogens is 1. The molecule has 1 aromatic heterocycles. The molecule has 3 heterocycles. The number of ether oxygens (including phenoxy) is 2. The van der Waals surface area contributed by atoms with Crippen LogP contribution in [0.15, 0.2) is 21.9 Å². The van der Waals surface area contributed by atoms with Crippen LogP contribution < -0.4 is 16.6 Å².